The SMILES string of the molecule is CC.CC.Cn1cc(-c2ccncc2)c(-c2ccccc2)n1. The van der Waals surface area contributed by atoms with Crippen molar-refractivity contribution in [2.45, 2.75) is 27.7 Å². The highest BCUT2D eigenvalue weighted by molar-refractivity contribution is 5.80. The quantitative estimate of drug-likeness (QED) is 0.650. The van der Waals surface area contributed by atoms with Crippen LogP contribution in [0.3, 0.4) is 0 Å². The van der Waals surface area contributed by atoms with Gasteiger partial charge < -0.3 is 0 Å². The maximum absolute atomic E-state index is 4.55. The molecule has 0 fully saturated rings. The first-order chi connectivity index (χ1) is 10.8. The van der Waals surface area contributed by atoms with Gasteiger partial charge in [0, 0.05) is 36.8 Å². The number of pyridine rings is 1. The fourth-order valence-electron chi connectivity index (χ4n) is 2.04. The Kier molecular flexibility index (Phi) is 7.62. The van der Waals surface area contributed by atoms with Crippen molar-refractivity contribution in [3.63, 3.8) is 0 Å². The molecular formula is C19H25N3. The van der Waals surface area contributed by atoms with Crippen molar-refractivity contribution in [2.24, 2.45) is 7.05 Å². The van der Waals surface area contributed by atoms with E-state index in [1.165, 1.54) is 0 Å². The molecule has 3 aromatic rings. The van der Waals surface area contributed by atoms with Crippen LogP contribution in [0.4, 0.5) is 0 Å². The normalized spacial score (nSPS) is 9.14. The van der Waals surface area contributed by atoms with Crippen LogP contribution in [-0.4, -0.2) is 14.8 Å². The molecule has 3 heteroatoms. The zero-order chi connectivity index (χ0) is 16.4. The summed E-state index contributed by atoms with van der Waals surface area (Å²) in [6.07, 6.45) is 5.64. The number of nitrogens with zero attached hydrogens (tertiary/aromatic N) is 3. The number of aromatic nitrogens is 3. The molecule has 0 bridgehead atoms. The van der Waals surface area contributed by atoms with E-state index in [1.54, 1.807) is 12.4 Å². The van der Waals surface area contributed by atoms with Crippen molar-refractivity contribution in [3.8, 4) is 22.4 Å². The van der Waals surface area contributed by atoms with Gasteiger partial charge in [-0.1, -0.05) is 58.0 Å². The summed E-state index contributed by atoms with van der Waals surface area (Å²) in [6, 6.07) is 14.2. The predicted octanol–water partition coefficient (Wildman–Crippen LogP) is 5.20. The van der Waals surface area contributed by atoms with Crippen molar-refractivity contribution < 1.29 is 0 Å². The summed E-state index contributed by atoms with van der Waals surface area (Å²) < 4.78 is 1.85. The molecule has 0 amide bonds. The van der Waals surface area contributed by atoms with E-state index in [9.17, 15) is 0 Å². The van der Waals surface area contributed by atoms with Gasteiger partial charge in [-0.25, -0.2) is 0 Å². The first kappa shape index (κ1) is 17.6. The molecule has 22 heavy (non-hydrogen) atoms. The summed E-state index contributed by atoms with van der Waals surface area (Å²) in [5.41, 5.74) is 4.40. The molecule has 3 nitrogen and oxygen atoms in total. The van der Waals surface area contributed by atoms with E-state index in [4.69, 9.17) is 0 Å². The highest BCUT2D eigenvalue weighted by Crippen LogP contribution is 2.29. The zero-order valence-corrected chi connectivity index (χ0v) is 14.1. The summed E-state index contributed by atoms with van der Waals surface area (Å²) >= 11 is 0. The van der Waals surface area contributed by atoms with Gasteiger partial charge in [0.25, 0.3) is 0 Å². The highest BCUT2D eigenvalue weighted by atomic mass is 15.2. The number of aryl methyl sites for hydroxylation is 1. The third-order valence-electron chi connectivity index (χ3n) is 2.87. The summed E-state index contributed by atoms with van der Waals surface area (Å²) in [4.78, 5) is 4.05. The van der Waals surface area contributed by atoms with Gasteiger partial charge in [0.1, 0.15) is 5.69 Å². The van der Waals surface area contributed by atoms with Crippen LogP contribution in [0, 0.1) is 0 Å². The minimum Gasteiger partial charge on any atom is -0.275 e. The topological polar surface area (TPSA) is 30.7 Å². The van der Waals surface area contributed by atoms with Crippen LogP contribution in [0.15, 0.2) is 61.1 Å². The Labute approximate surface area is 133 Å². The molecule has 0 saturated carbocycles. The fraction of sp³-hybridized carbons (Fsp3) is 0.263. The molecule has 0 aliphatic carbocycles. The van der Waals surface area contributed by atoms with Crippen LogP contribution in [0.1, 0.15) is 27.7 Å². The number of hydrogen-bond acceptors (Lipinski definition) is 2. The van der Waals surface area contributed by atoms with Gasteiger partial charge in [0.05, 0.1) is 0 Å². The van der Waals surface area contributed by atoms with Crippen molar-refractivity contribution >= 4 is 0 Å². The van der Waals surface area contributed by atoms with Crippen LogP contribution in [0.5, 0.6) is 0 Å². The Balaban J connectivity index is 0.000000561. The zero-order valence-electron chi connectivity index (χ0n) is 14.1. The lowest BCUT2D eigenvalue weighted by molar-refractivity contribution is 0.771. The molecule has 0 atom stereocenters. The fourth-order valence-corrected chi connectivity index (χ4v) is 2.04. The molecule has 0 unspecified atom stereocenters. The average molecular weight is 295 g/mol. The molecule has 0 N–H and O–H groups in total. The Morgan fingerprint density at radius 1 is 0.773 bits per heavy atom. The van der Waals surface area contributed by atoms with E-state index < -0.39 is 0 Å². The van der Waals surface area contributed by atoms with Crippen molar-refractivity contribution in [3.05, 3.63) is 61.1 Å². The molecule has 0 aliphatic heterocycles. The Bertz CT molecular complexity index is 586. The monoisotopic (exact) mass is 295 g/mol. The van der Waals surface area contributed by atoms with Gasteiger partial charge in [-0.3, -0.25) is 9.67 Å². The smallest absolute Gasteiger partial charge is 0.100 e. The van der Waals surface area contributed by atoms with E-state index >= 15 is 0 Å². The summed E-state index contributed by atoms with van der Waals surface area (Å²) in [6.45, 7) is 8.00. The Morgan fingerprint density at radius 2 is 1.36 bits per heavy atom. The Morgan fingerprint density at radius 3 is 1.95 bits per heavy atom. The summed E-state index contributed by atoms with van der Waals surface area (Å²) in [5, 5.41) is 4.55. The summed E-state index contributed by atoms with van der Waals surface area (Å²) in [5.74, 6) is 0. The minimum atomic E-state index is 1.00. The summed E-state index contributed by atoms with van der Waals surface area (Å²) in [7, 11) is 1.94. The van der Waals surface area contributed by atoms with Crippen LogP contribution in [-0.2, 0) is 7.05 Å². The second-order valence-corrected chi connectivity index (χ2v) is 4.17. The molecule has 2 heterocycles. The second-order valence-electron chi connectivity index (χ2n) is 4.17. The van der Waals surface area contributed by atoms with E-state index in [1.807, 2.05) is 76.0 Å². The van der Waals surface area contributed by atoms with Gasteiger partial charge in [-0.05, 0) is 17.7 Å². The predicted molar refractivity (Wildman–Crippen MR) is 94.6 cm³/mol. The molecule has 0 aliphatic rings. The molecule has 0 radical (unpaired) electrons. The second kappa shape index (κ2) is 9.50. The number of benzene rings is 1. The Hall–Kier alpha value is -2.42. The van der Waals surface area contributed by atoms with E-state index in [-0.39, 0.29) is 0 Å². The number of hydrogen-bond donors (Lipinski definition) is 0. The van der Waals surface area contributed by atoms with Crippen LogP contribution >= 0.6 is 0 Å². The lowest BCUT2D eigenvalue weighted by atomic mass is 10.0. The van der Waals surface area contributed by atoms with E-state index in [0.717, 1.165) is 22.4 Å². The van der Waals surface area contributed by atoms with E-state index in [0.29, 0.717) is 0 Å². The van der Waals surface area contributed by atoms with Crippen LogP contribution in [0.25, 0.3) is 22.4 Å². The molecule has 116 valence electrons. The molecular weight excluding hydrogens is 270 g/mol. The van der Waals surface area contributed by atoms with Crippen LogP contribution in [0.2, 0.25) is 0 Å². The van der Waals surface area contributed by atoms with Gasteiger partial charge in [0.15, 0.2) is 0 Å². The van der Waals surface area contributed by atoms with Gasteiger partial charge in [0.2, 0.25) is 0 Å². The third kappa shape index (κ3) is 4.29. The molecule has 3 rings (SSSR count). The van der Waals surface area contributed by atoms with Crippen LogP contribution < -0.4 is 0 Å². The number of rotatable bonds is 2. The lowest BCUT2D eigenvalue weighted by Gasteiger charge is -2.01. The van der Waals surface area contributed by atoms with Gasteiger partial charge >= 0.3 is 0 Å². The van der Waals surface area contributed by atoms with Gasteiger partial charge in [-0.15, -0.1) is 0 Å². The first-order valence-corrected chi connectivity index (χ1v) is 7.84. The molecule has 2 aromatic heterocycles. The minimum absolute atomic E-state index is 1.00. The van der Waals surface area contributed by atoms with Crippen molar-refractivity contribution in [2.75, 3.05) is 0 Å². The largest absolute Gasteiger partial charge is 0.275 e. The van der Waals surface area contributed by atoms with Crippen molar-refractivity contribution in [1.29, 1.82) is 0 Å². The maximum atomic E-state index is 4.55. The average Bonchev–Trinajstić information content (AvgIpc) is 3.02. The molecule has 1 aromatic carbocycles. The maximum Gasteiger partial charge on any atom is 0.100 e. The highest BCUT2D eigenvalue weighted by Gasteiger charge is 2.11. The van der Waals surface area contributed by atoms with E-state index in [2.05, 4.69) is 22.2 Å². The third-order valence-corrected chi connectivity index (χ3v) is 2.87. The standard InChI is InChI=1S/C15H13N3.2C2H6/c1-18-11-14(12-7-9-16-10-8-12)15(17-18)13-5-3-2-4-6-13;2*1-2/h2-11H,1H3;2*1-2H3. The molecule has 0 saturated heterocycles. The first-order valence-electron chi connectivity index (χ1n) is 7.84. The lowest BCUT2D eigenvalue weighted by Crippen LogP contribution is -1.87. The van der Waals surface area contributed by atoms with Crippen molar-refractivity contribution in [1.82, 2.24) is 14.8 Å². The van der Waals surface area contributed by atoms with Gasteiger partial charge in [-0.2, -0.15) is 5.10 Å². The molecule has 0 spiro atoms.